The maximum absolute atomic E-state index is 13.4. The van der Waals surface area contributed by atoms with Gasteiger partial charge in [-0.15, -0.1) is 0 Å². The van der Waals surface area contributed by atoms with E-state index >= 15 is 0 Å². The molecule has 0 spiro atoms. The molecule has 0 fully saturated rings. The van der Waals surface area contributed by atoms with Crippen LogP contribution >= 0.6 is 11.6 Å². The van der Waals surface area contributed by atoms with Crippen molar-refractivity contribution in [1.29, 1.82) is 0 Å². The number of unbranched alkanes of at least 4 members (excludes halogenated alkanes) is 4. The van der Waals surface area contributed by atoms with Crippen LogP contribution < -0.4 is 16.2 Å². The smallest absolute Gasteiger partial charge is 0.200 e. The zero-order chi connectivity index (χ0) is 25.3. The molecule has 7 nitrogen and oxygen atoms in total. The van der Waals surface area contributed by atoms with Gasteiger partial charge in [-0.1, -0.05) is 56.3 Å². The molecule has 6 N–H and O–H groups in total. The molecule has 1 aliphatic carbocycles. The van der Waals surface area contributed by atoms with Crippen molar-refractivity contribution in [3.63, 3.8) is 0 Å². The number of anilines is 2. The molecule has 8 heteroatoms. The number of aromatic hydroxyl groups is 2. The number of rotatable bonds is 8. The number of nitrogen functional groups attached to an aromatic ring is 2. The lowest BCUT2D eigenvalue weighted by molar-refractivity contribution is 0.0975. The number of carbonyl (C=O) groups is 2. The molecule has 3 aromatic carbocycles. The molecule has 0 bridgehead atoms. The molecule has 1 aliphatic rings. The number of hydrogen-bond donors (Lipinski definition) is 4. The number of phenolic OH excluding ortho intramolecular Hbond substituents is 2. The Morgan fingerprint density at radius 2 is 1.51 bits per heavy atom. The van der Waals surface area contributed by atoms with Gasteiger partial charge in [-0.05, 0) is 30.2 Å². The van der Waals surface area contributed by atoms with Gasteiger partial charge in [-0.3, -0.25) is 9.59 Å². The zero-order valence-corrected chi connectivity index (χ0v) is 20.1. The minimum Gasteiger partial charge on any atom is -0.507 e. The number of nitrogens with two attached hydrogens (primary N) is 2. The average molecular weight is 495 g/mol. The number of ketones is 2. The molecule has 3 aromatic rings. The topological polar surface area (TPSA) is 136 Å². The van der Waals surface area contributed by atoms with E-state index in [1.807, 2.05) is 0 Å². The maximum atomic E-state index is 13.4. The average Bonchev–Trinajstić information content (AvgIpc) is 2.83. The second-order valence-corrected chi connectivity index (χ2v) is 9.01. The van der Waals surface area contributed by atoms with Crippen molar-refractivity contribution in [3.8, 4) is 28.4 Å². The first-order valence-corrected chi connectivity index (χ1v) is 11.9. The van der Waals surface area contributed by atoms with Crippen molar-refractivity contribution < 1.29 is 24.5 Å². The molecule has 0 saturated carbocycles. The summed E-state index contributed by atoms with van der Waals surface area (Å²) in [7, 11) is 0. The Labute approximate surface area is 208 Å². The van der Waals surface area contributed by atoms with Crippen LogP contribution in [0.15, 0.2) is 36.4 Å². The number of fused-ring (bicyclic) bond motifs is 2. The normalized spacial score (nSPS) is 12.4. The van der Waals surface area contributed by atoms with Gasteiger partial charge in [0.15, 0.2) is 0 Å². The molecule has 35 heavy (non-hydrogen) atoms. The summed E-state index contributed by atoms with van der Waals surface area (Å²) in [6.45, 7) is 2.79. The fraction of sp³-hybridized carbons (Fsp3) is 0.259. The number of benzene rings is 3. The Morgan fingerprint density at radius 3 is 2.20 bits per heavy atom. The van der Waals surface area contributed by atoms with Gasteiger partial charge in [-0.2, -0.15) is 0 Å². The van der Waals surface area contributed by atoms with Crippen LogP contribution in [0.2, 0.25) is 5.02 Å². The third-order valence-electron chi connectivity index (χ3n) is 6.22. The van der Waals surface area contributed by atoms with Gasteiger partial charge < -0.3 is 26.4 Å². The summed E-state index contributed by atoms with van der Waals surface area (Å²) in [5.74, 6) is -1.64. The Kier molecular flexibility index (Phi) is 6.89. The second kappa shape index (κ2) is 9.88. The van der Waals surface area contributed by atoms with Gasteiger partial charge in [0.05, 0.1) is 39.6 Å². The predicted octanol–water partition coefficient (Wildman–Crippen LogP) is 5.71. The molecule has 182 valence electrons. The highest BCUT2D eigenvalue weighted by atomic mass is 35.5. The molecule has 0 aliphatic heterocycles. The third kappa shape index (κ3) is 4.39. The van der Waals surface area contributed by atoms with E-state index in [0.29, 0.717) is 17.9 Å². The van der Waals surface area contributed by atoms with Gasteiger partial charge in [0.1, 0.15) is 17.2 Å². The van der Waals surface area contributed by atoms with Crippen molar-refractivity contribution in [2.75, 3.05) is 18.1 Å². The van der Waals surface area contributed by atoms with E-state index in [1.54, 1.807) is 24.3 Å². The van der Waals surface area contributed by atoms with E-state index in [2.05, 4.69) is 6.92 Å². The monoisotopic (exact) mass is 494 g/mol. The zero-order valence-electron chi connectivity index (χ0n) is 19.4. The largest absolute Gasteiger partial charge is 0.507 e. The number of ether oxygens (including phenoxy) is 1. The van der Waals surface area contributed by atoms with E-state index in [4.69, 9.17) is 27.8 Å². The van der Waals surface area contributed by atoms with Crippen LogP contribution in [0.1, 0.15) is 70.9 Å². The van der Waals surface area contributed by atoms with Crippen molar-refractivity contribution in [1.82, 2.24) is 0 Å². The summed E-state index contributed by atoms with van der Waals surface area (Å²) in [6.07, 6.45) is 5.71. The van der Waals surface area contributed by atoms with Crippen LogP contribution in [0.4, 0.5) is 11.4 Å². The molecule has 0 atom stereocenters. The molecular formula is C27H27ClN2O5. The molecular weight excluding hydrogens is 468 g/mol. The minimum atomic E-state index is -0.737. The van der Waals surface area contributed by atoms with Crippen molar-refractivity contribution in [3.05, 3.63) is 63.7 Å². The predicted molar refractivity (Wildman–Crippen MR) is 137 cm³/mol. The molecule has 0 aromatic heterocycles. The van der Waals surface area contributed by atoms with E-state index in [-0.39, 0.29) is 44.2 Å². The van der Waals surface area contributed by atoms with Gasteiger partial charge >= 0.3 is 0 Å². The molecule has 0 saturated heterocycles. The summed E-state index contributed by atoms with van der Waals surface area (Å²) in [5.41, 5.74) is 11.9. The van der Waals surface area contributed by atoms with Gasteiger partial charge in [0, 0.05) is 17.3 Å². The minimum absolute atomic E-state index is 0.00266. The highest BCUT2D eigenvalue weighted by Crippen LogP contribution is 2.46. The summed E-state index contributed by atoms with van der Waals surface area (Å²) < 4.78 is 5.79. The first-order chi connectivity index (χ1) is 16.8. The van der Waals surface area contributed by atoms with Crippen molar-refractivity contribution in [2.45, 2.75) is 39.0 Å². The molecule has 0 amide bonds. The SMILES string of the molecule is CCCCCCCOc1ccc(-c2cc(N)c3c(c2O)C(=O)c2c(N)c(Cl)cc(O)c2C3=O)cc1. The molecule has 0 heterocycles. The Morgan fingerprint density at radius 1 is 0.857 bits per heavy atom. The summed E-state index contributed by atoms with van der Waals surface area (Å²) in [6, 6.07) is 9.57. The summed E-state index contributed by atoms with van der Waals surface area (Å²) >= 11 is 6.02. The molecule has 4 rings (SSSR count). The first kappa shape index (κ1) is 24.4. The van der Waals surface area contributed by atoms with E-state index in [1.165, 1.54) is 25.3 Å². The Bertz CT molecular complexity index is 1320. The van der Waals surface area contributed by atoms with Crippen LogP contribution in [-0.4, -0.2) is 28.4 Å². The van der Waals surface area contributed by atoms with E-state index in [0.717, 1.165) is 18.9 Å². The fourth-order valence-electron chi connectivity index (χ4n) is 4.37. The van der Waals surface area contributed by atoms with E-state index in [9.17, 15) is 19.8 Å². The van der Waals surface area contributed by atoms with E-state index < -0.39 is 23.1 Å². The Balaban J connectivity index is 1.66. The number of hydrogen-bond acceptors (Lipinski definition) is 7. The number of carbonyl (C=O) groups excluding carboxylic acids is 2. The van der Waals surface area contributed by atoms with Crippen LogP contribution in [-0.2, 0) is 0 Å². The van der Waals surface area contributed by atoms with Gasteiger partial charge in [-0.25, -0.2) is 0 Å². The lowest BCUT2D eigenvalue weighted by Crippen LogP contribution is -2.24. The first-order valence-electron chi connectivity index (χ1n) is 11.5. The lowest BCUT2D eigenvalue weighted by atomic mass is 9.80. The quantitative estimate of drug-likeness (QED) is 0.140. The third-order valence-corrected chi connectivity index (χ3v) is 6.53. The number of halogens is 1. The second-order valence-electron chi connectivity index (χ2n) is 8.60. The maximum Gasteiger partial charge on any atom is 0.200 e. The van der Waals surface area contributed by atoms with Gasteiger partial charge in [0.25, 0.3) is 0 Å². The highest BCUT2D eigenvalue weighted by molar-refractivity contribution is 6.38. The summed E-state index contributed by atoms with van der Waals surface area (Å²) in [5, 5.41) is 21.3. The number of phenols is 2. The molecule has 0 unspecified atom stereocenters. The van der Waals surface area contributed by atoms with Gasteiger partial charge in [0.2, 0.25) is 11.6 Å². The van der Waals surface area contributed by atoms with Crippen LogP contribution in [0.5, 0.6) is 17.2 Å². The Hall–Kier alpha value is -3.71. The fourth-order valence-corrected chi connectivity index (χ4v) is 4.57. The van der Waals surface area contributed by atoms with Crippen molar-refractivity contribution in [2.24, 2.45) is 0 Å². The van der Waals surface area contributed by atoms with Crippen LogP contribution in [0, 0.1) is 0 Å². The van der Waals surface area contributed by atoms with Crippen molar-refractivity contribution >= 4 is 34.5 Å². The molecule has 0 radical (unpaired) electrons. The summed E-state index contributed by atoms with van der Waals surface area (Å²) in [4.78, 5) is 26.5. The van der Waals surface area contributed by atoms with Crippen LogP contribution in [0.3, 0.4) is 0 Å². The highest BCUT2D eigenvalue weighted by Gasteiger charge is 2.39. The lowest BCUT2D eigenvalue weighted by Gasteiger charge is -2.24. The standard InChI is InChI=1S/C27H27ClN2O5/c1-2-3-4-5-6-11-35-15-9-7-14(8-10-15)16-12-18(29)20-23(25(16)32)27(34)22-21(26(20)33)19(31)13-17(28)24(22)30/h7-10,12-13,31-32H,2-6,11,29-30H2,1H3. The van der Waals surface area contributed by atoms with Crippen LogP contribution in [0.25, 0.3) is 11.1 Å².